The molecule has 0 saturated heterocycles. The van der Waals surface area contributed by atoms with E-state index in [2.05, 4.69) is 32.6 Å². The Morgan fingerprint density at radius 1 is 1.21 bits per heavy atom. The molecule has 0 spiro atoms. The third-order valence-electron chi connectivity index (χ3n) is 3.47. The predicted octanol–water partition coefficient (Wildman–Crippen LogP) is 1.14. The average Bonchev–Trinajstić information content (AvgIpc) is 2.68. The summed E-state index contributed by atoms with van der Waals surface area (Å²) in [7, 11) is 0. The molecular formula is C15H19N4+. The van der Waals surface area contributed by atoms with Crippen LogP contribution in [0.3, 0.4) is 0 Å². The Morgan fingerprint density at radius 3 is 3.16 bits per heavy atom. The minimum atomic E-state index is 1.05. The molecule has 4 heteroatoms. The zero-order chi connectivity index (χ0) is 12.9. The molecule has 0 saturated carbocycles. The molecule has 0 fully saturated rings. The Labute approximate surface area is 112 Å². The molecule has 3 N–H and O–H groups in total. The van der Waals surface area contributed by atoms with E-state index >= 15 is 0 Å². The number of hydrogen-bond acceptors (Lipinski definition) is 2. The summed E-state index contributed by atoms with van der Waals surface area (Å²) in [5.74, 6) is 1.13. The van der Waals surface area contributed by atoms with Gasteiger partial charge in [0.15, 0.2) is 0 Å². The number of nitrogens with one attached hydrogen (secondary N) is 3. The highest BCUT2D eigenvalue weighted by Crippen LogP contribution is 2.15. The highest BCUT2D eigenvalue weighted by molar-refractivity contribution is 5.99. The van der Waals surface area contributed by atoms with E-state index in [4.69, 9.17) is 0 Å². The van der Waals surface area contributed by atoms with Gasteiger partial charge in [-0.1, -0.05) is 23.3 Å². The maximum Gasteiger partial charge on any atom is 0.267 e. The van der Waals surface area contributed by atoms with Crippen molar-refractivity contribution in [1.29, 1.82) is 0 Å². The quantitative estimate of drug-likeness (QED) is 0.547. The fourth-order valence-corrected chi connectivity index (χ4v) is 2.41. The van der Waals surface area contributed by atoms with Crippen molar-refractivity contribution >= 4 is 23.0 Å². The molecule has 4 nitrogen and oxygen atoms in total. The number of aromatic nitrogens is 1. The van der Waals surface area contributed by atoms with Gasteiger partial charge in [-0.05, 0) is 25.3 Å². The lowest BCUT2D eigenvalue weighted by Crippen LogP contribution is -2.75. The lowest BCUT2D eigenvalue weighted by molar-refractivity contribution is -0.459. The molecular weight excluding hydrogens is 236 g/mol. The van der Waals surface area contributed by atoms with Crippen molar-refractivity contribution in [3.8, 4) is 0 Å². The number of aromatic amines is 1. The van der Waals surface area contributed by atoms with E-state index in [0.717, 1.165) is 29.9 Å². The van der Waals surface area contributed by atoms with Crippen LogP contribution in [0.1, 0.15) is 31.2 Å². The average molecular weight is 255 g/mol. The molecule has 0 unspecified atom stereocenters. The van der Waals surface area contributed by atoms with Crippen molar-refractivity contribution < 1.29 is 4.99 Å². The fraction of sp³-hybridized carbons (Fsp3) is 0.333. The summed E-state index contributed by atoms with van der Waals surface area (Å²) in [6.45, 7) is 1.05. The van der Waals surface area contributed by atoms with Crippen LogP contribution in [0.25, 0.3) is 10.9 Å². The maximum absolute atomic E-state index is 4.33. The van der Waals surface area contributed by atoms with Crippen LogP contribution in [-0.4, -0.2) is 23.6 Å². The maximum atomic E-state index is 4.33. The van der Waals surface area contributed by atoms with Crippen LogP contribution in [0.2, 0.25) is 0 Å². The number of amidine groups is 1. The lowest BCUT2D eigenvalue weighted by Gasteiger charge is -1.94. The lowest BCUT2D eigenvalue weighted by atomic mass is 10.2. The number of fused-ring (bicyclic) bond motifs is 1. The van der Waals surface area contributed by atoms with Gasteiger partial charge in [0.25, 0.3) is 5.84 Å². The number of H-pyrrole nitrogens is 1. The largest absolute Gasteiger partial charge is 0.361 e. The molecule has 1 aromatic heterocycles. The second-order valence-electron chi connectivity index (χ2n) is 4.88. The molecule has 2 heterocycles. The molecule has 19 heavy (non-hydrogen) atoms. The van der Waals surface area contributed by atoms with E-state index in [0.29, 0.717) is 0 Å². The first-order valence-corrected chi connectivity index (χ1v) is 6.88. The van der Waals surface area contributed by atoms with E-state index in [1.54, 1.807) is 0 Å². The number of hydrazone groups is 1. The second-order valence-corrected chi connectivity index (χ2v) is 4.88. The van der Waals surface area contributed by atoms with E-state index < -0.39 is 0 Å². The summed E-state index contributed by atoms with van der Waals surface area (Å²) in [5.41, 5.74) is 5.38. The summed E-state index contributed by atoms with van der Waals surface area (Å²) in [5, 5.41) is 5.54. The molecule has 1 aliphatic rings. The Hall–Kier alpha value is -2.10. The zero-order valence-electron chi connectivity index (χ0n) is 10.9. The van der Waals surface area contributed by atoms with E-state index in [-0.39, 0.29) is 0 Å². The van der Waals surface area contributed by atoms with Gasteiger partial charge in [-0.25, -0.2) is 0 Å². The molecule has 2 aromatic rings. The number of hydrogen-bond donors (Lipinski definition) is 3. The van der Waals surface area contributed by atoms with Crippen molar-refractivity contribution in [2.45, 2.75) is 25.7 Å². The van der Waals surface area contributed by atoms with Crippen molar-refractivity contribution in [3.63, 3.8) is 0 Å². The molecule has 3 rings (SSSR count). The molecule has 0 atom stereocenters. The van der Waals surface area contributed by atoms with Gasteiger partial charge in [-0.15, -0.1) is 0 Å². The number of para-hydroxylation sites is 1. The molecule has 98 valence electrons. The van der Waals surface area contributed by atoms with Gasteiger partial charge < -0.3 is 4.98 Å². The SMILES string of the molecule is C(=NNC1=[NH+]CCCCC1)c1c[nH]c2ccccc12. The van der Waals surface area contributed by atoms with E-state index in [9.17, 15) is 0 Å². The first-order chi connectivity index (χ1) is 9.43. The Kier molecular flexibility index (Phi) is 3.58. The standard InChI is InChI=1S/C15H18N4/c1-2-8-15(16-9-5-1)19-18-11-12-10-17-14-7-4-3-6-13(12)14/h3-4,6-7,10-11,17H,1-2,5,8-9H2,(H,16,19)/p+1. The zero-order valence-corrected chi connectivity index (χ0v) is 10.9. The monoisotopic (exact) mass is 255 g/mol. The molecule has 0 radical (unpaired) electrons. The second kappa shape index (κ2) is 5.69. The normalized spacial score (nSPS) is 16.5. The van der Waals surface area contributed by atoms with Gasteiger partial charge in [0.2, 0.25) is 0 Å². The number of rotatable bonds is 2. The van der Waals surface area contributed by atoms with Crippen LogP contribution in [0.15, 0.2) is 35.6 Å². The molecule has 0 bridgehead atoms. The molecule has 0 aliphatic carbocycles. The van der Waals surface area contributed by atoms with Crippen molar-refractivity contribution in [2.24, 2.45) is 5.10 Å². The van der Waals surface area contributed by atoms with Crippen molar-refractivity contribution in [3.05, 3.63) is 36.0 Å². The molecule has 1 aromatic carbocycles. The van der Waals surface area contributed by atoms with E-state index in [1.165, 1.54) is 24.6 Å². The fourth-order valence-electron chi connectivity index (χ4n) is 2.41. The topological polar surface area (TPSA) is 54.1 Å². The van der Waals surface area contributed by atoms with Gasteiger partial charge in [0.1, 0.15) is 0 Å². The van der Waals surface area contributed by atoms with E-state index in [1.807, 2.05) is 24.5 Å². The molecule has 1 aliphatic heterocycles. The van der Waals surface area contributed by atoms with Gasteiger partial charge in [0, 0.05) is 22.7 Å². The van der Waals surface area contributed by atoms with Crippen molar-refractivity contribution in [1.82, 2.24) is 10.4 Å². The van der Waals surface area contributed by atoms with Gasteiger partial charge in [-0.3, -0.25) is 4.99 Å². The minimum Gasteiger partial charge on any atom is -0.361 e. The first-order valence-electron chi connectivity index (χ1n) is 6.88. The van der Waals surface area contributed by atoms with Crippen LogP contribution < -0.4 is 10.4 Å². The third kappa shape index (κ3) is 2.84. The summed E-state index contributed by atoms with van der Waals surface area (Å²) in [6.07, 6.45) is 8.70. The van der Waals surface area contributed by atoms with Gasteiger partial charge >= 0.3 is 0 Å². The predicted molar refractivity (Wildman–Crippen MR) is 78.3 cm³/mol. The number of benzene rings is 1. The van der Waals surface area contributed by atoms with Crippen LogP contribution >= 0.6 is 0 Å². The van der Waals surface area contributed by atoms with Crippen LogP contribution in [0.4, 0.5) is 0 Å². The summed E-state index contributed by atoms with van der Waals surface area (Å²) in [4.78, 5) is 6.63. The number of nitrogens with zero attached hydrogens (tertiary/aromatic N) is 1. The van der Waals surface area contributed by atoms with Crippen molar-refractivity contribution in [2.75, 3.05) is 6.54 Å². The first kappa shape index (κ1) is 12.0. The smallest absolute Gasteiger partial charge is 0.267 e. The van der Waals surface area contributed by atoms with Gasteiger partial charge in [-0.2, -0.15) is 5.43 Å². The third-order valence-corrected chi connectivity index (χ3v) is 3.47. The Bertz CT molecular complexity index is 609. The Morgan fingerprint density at radius 2 is 2.16 bits per heavy atom. The summed E-state index contributed by atoms with van der Waals surface area (Å²) < 4.78 is 0. The summed E-state index contributed by atoms with van der Waals surface area (Å²) in [6, 6.07) is 8.25. The minimum absolute atomic E-state index is 1.05. The highest BCUT2D eigenvalue weighted by Gasteiger charge is 2.08. The summed E-state index contributed by atoms with van der Waals surface area (Å²) >= 11 is 0. The van der Waals surface area contributed by atoms with Crippen LogP contribution in [-0.2, 0) is 0 Å². The highest BCUT2D eigenvalue weighted by atomic mass is 15.3. The Balaban J connectivity index is 1.70. The molecule has 0 amide bonds. The van der Waals surface area contributed by atoms with Gasteiger partial charge in [0.05, 0.1) is 19.2 Å². The van der Waals surface area contributed by atoms with Crippen LogP contribution in [0, 0.1) is 0 Å². The van der Waals surface area contributed by atoms with Crippen LogP contribution in [0.5, 0.6) is 0 Å².